The van der Waals surface area contributed by atoms with E-state index in [9.17, 15) is 5.11 Å². The Hall–Kier alpha value is -2.34. The van der Waals surface area contributed by atoms with Gasteiger partial charge >= 0.3 is 0 Å². The van der Waals surface area contributed by atoms with Crippen molar-refractivity contribution in [2.24, 2.45) is 4.99 Å². The fourth-order valence-electron chi connectivity index (χ4n) is 3.53. The molecule has 140 valence electrons. The van der Waals surface area contributed by atoms with Gasteiger partial charge in [0.15, 0.2) is 5.96 Å². The van der Waals surface area contributed by atoms with E-state index in [0.29, 0.717) is 13.1 Å². The van der Waals surface area contributed by atoms with Crippen molar-refractivity contribution in [3.63, 3.8) is 0 Å². The third kappa shape index (κ3) is 4.64. The minimum Gasteiger partial charge on any atom is -0.388 e. The topological polar surface area (TPSA) is 65.7 Å². The van der Waals surface area contributed by atoms with Crippen LogP contribution in [0.1, 0.15) is 37.7 Å². The molecule has 0 spiro atoms. The number of nitrogens with zero attached hydrogens (tertiary/aromatic N) is 4. The van der Waals surface area contributed by atoms with Gasteiger partial charge in [-0.3, -0.25) is 4.99 Å². The van der Waals surface area contributed by atoms with E-state index in [-0.39, 0.29) is 0 Å². The van der Waals surface area contributed by atoms with Crippen molar-refractivity contribution in [1.82, 2.24) is 20.0 Å². The molecule has 3 rings (SSSR count). The molecule has 0 aliphatic heterocycles. The first-order chi connectivity index (χ1) is 12.6. The van der Waals surface area contributed by atoms with Crippen molar-refractivity contribution < 1.29 is 5.11 Å². The van der Waals surface area contributed by atoms with Crippen molar-refractivity contribution in [2.75, 3.05) is 20.6 Å². The van der Waals surface area contributed by atoms with Crippen molar-refractivity contribution in [2.45, 2.75) is 44.2 Å². The maximum absolute atomic E-state index is 10.7. The SMILES string of the molecule is CN=C(NCC1(O)CCCCC1)N(C)Cc1cnn(-c2ccccc2)c1. The Morgan fingerprint density at radius 3 is 2.69 bits per heavy atom. The Morgan fingerprint density at radius 1 is 1.27 bits per heavy atom. The lowest BCUT2D eigenvalue weighted by molar-refractivity contribution is 0.00819. The second-order valence-electron chi connectivity index (χ2n) is 7.17. The van der Waals surface area contributed by atoms with Crippen LogP contribution in [0, 0.1) is 0 Å². The Labute approximate surface area is 155 Å². The lowest BCUT2D eigenvalue weighted by Gasteiger charge is -2.33. The van der Waals surface area contributed by atoms with E-state index in [2.05, 4.69) is 20.3 Å². The number of benzene rings is 1. The third-order valence-corrected chi connectivity index (χ3v) is 5.01. The summed E-state index contributed by atoms with van der Waals surface area (Å²) in [5.41, 5.74) is 1.55. The smallest absolute Gasteiger partial charge is 0.193 e. The number of guanidine groups is 1. The lowest BCUT2D eigenvalue weighted by Crippen LogP contribution is -2.48. The largest absolute Gasteiger partial charge is 0.388 e. The highest BCUT2D eigenvalue weighted by Gasteiger charge is 2.29. The molecule has 6 heteroatoms. The highest BCUT2D eigenvalue weighted by molar-refractivity contribution is 5.79. The second-order valence-corrected chi connectivity index (χ2v) is 7.17. The summed E-state index contributed by atoms with van der Waals surface area (Å²) in [6.45, 7) is 1.25. The molecule has 2 aromatic rings. The molecule has 1 aromatic carbocycles. The first-order valence-electron chi connectivity index (χ1n) is 9.33. The summed E-state index contributed by atoms with van der Waals surface area (Å²) in [4.78, 5) is 6.41. The Kier molecular flexibility index (Phi) is 5.93. The van der Waals surface area contributed by atoms with Gasteiger partial charge < -0.3 is 15.3 Å². The quantitative estimate of drug-likeness (QED) is 0.639. The molecule has 2 N–H and O–H groups in total. The van der Waals surface area contributed by atoms with E-state index in [0.717, 1.165) is 42.9 Å². The van der Waals surface area contributed by atoms with Gasteiger partial charge in [0.25, 0.3) is 0 Å². The van der Waals surface area contributed by atoms with Gasteiger partial charge in [-0.25, -0.2) is 4.68 Å². The van der Waals surface area contributed by atoms with Crippen LogP contribution in [0.15, 0.2) is 47.7 Å². The molecule has 1 saturated carbocycles. The highest BCUT2D eigenvalue weighted by atomic mass is 16.3. The molecule has 0 radical (unpaired) electrons. The van der Waals surface area contributed by atoms with Gasteiger partial charge in [0.05, 0.1) is 17.5 Å². The molecular weight excluding hydrogens is 326 g/mol. The number of hydrogen-bond donors (Lipinski definition) is 2. The minimum atomic E-state index is -0.604. The van der Waals surface area contributed by atoms with Crippen molar-refractivity contribution >= 4 is 5.96 Å². The standard InChI is InChI=1S/C20H29N5O/c1-21-19(22-16-20(26)11-7-4-8-12-20)24(2)14-17-13-23-25(15-17)18-9-5-3-6-10-18/h3,5-6,9-10,13,15,26H,4,7-8,11-12,14,16H2,1-2H3,(H,21,22). The number of hydrogen-bond acceptors (Lipinski definition) is 3. The second kappa shape index (κ2) is 8.36. The summed E-state index contributed by atoms with van der Waals surface area (Å²) in [5.74, 6) is 0.788. The maximum Gasteiger partial charge on any atom is 0.193 e. The monoisotopic (exact) mass is 355 g/mol. The van der Waals surface area contributed by atoms with Crippen LogP contribution in [0.5, 0.6) is 0 Å². The normalized spacial score (nSPS) is 17.1. The van der Waals surface area contributed by atoms with Gasteiger partial charge in [0.1, 0.15) is 0 Å². The zero-order valence-electron chi connectivity index (χ0n) is 15.7. The van der Waals surface area contributed by atoms with Crippen LogP contribution in [0.25, 0.3) is 5.69 Å². The number of para-hydroxylation sites is 1. The molecule has 1 fully saturated rings. The van der Waals surface area contributed by atoms with Gasteiger partial charge in [-0.15, -0.1) is 0 Å². The minimum absolute atomic E-state index is 0.549. The van der Waals surface area contributed by atoms with Crippen molar-refractivity contribution in [3.05, 3.63) is 48.3 Å². The van der Waals surface area contributed by atoms with Crippen LogP contribution in [0.4, 0.5) is 0 Å². The van der Waals surface area contributed by atoms with Crippen LogP contribution in [0.2, 0.25) is 0 Å². The molecular formula is C20H29N5O. The van der Waals surface area contributed by atoms with Gasteiger partial charge in [0, 0.05) is 38.9 Å². The predicted octanol–water partition coefficient (Wildman–Crippen LogP) is 2.57. The molecule has 6 nitrogen and oxygen atoms in total. The fraction of sp³-hybridized carbons (Fsp3) is 0.500. The van der Waals surface area contributed by atoms with E-state index in [4.69, 9.17) is 0 Å². The molecule has 1 aromatic heterocycles. The molecule has 0 bridgehead atoms. The molecule has 1 aliphatic carbocycles. The van der Waals surface area contributed by atoms with E-state index in [1.807, 2.05) is 54.5 Å². The van der Waals surface area contributed by atoms with Gasteiger partial charge in [-0.2, -0.15) is 5.10 Å². The first kappa shape index (κ1) is 18.5. The average Bonchev–Trinajstić information content (AvgIpc) is 3.12. The van der Waals surface area contributed by atoms with Crippen LogP contribution in [-0.2, 0) is 6.54 Å². The summed E-state index contributed by atoms with van der Waals surface area (Å²) in [5, 5.41) is 18.4. The number of nitrogens with one attached hydrogen (secondary N) is 1. The van der Waals surface area contributed by atoms with Crippen LogP contribution in [0.3, 0.4) is 0 Å². The summed E-state index contributed by atoms with van der Waals surface area (Å²) in [7, 11) is 3.78. The molecule has 1 aliphatic rings. The van der Waals surface area contributed by atoms with Gasteiger partial charge in [0.2, 0.25) is 0 Å². The fourth-order valence-corrected chi connectivity index (χ4v) is 3.53. The summed E-state index contributed by atoms with van der Waals surface area (Å²) in [6, 6.07) is 10.1. The lowest BCUT2D eigenvalue weighted by atomic mass is 9.85. The average molecular weight is 355 g/mol. The Balaban J connectivity index is 1.57. The number of aliphatic hydroxyl groups is 1. The molecule has 0 unspecified atom stereocenters. The zero-order chi connectivity index (χ0) is 18.4. The van der Waals surface area contributed by atoms with Gasteiger partial charge in [-0.1, -0.05) is 37.5 Å². The van der Waals surface area contributed by atoms with Gasteiger partial charge in [-0.05, 0) is 25.0 Å². The predicted molar refractivity (Wildman–Crippen MR) is 104 cm³/mol. The molecule has 0 atom stereocenters. The van der Waals surface area contributed by atoms with Crippen LogP contribution >= 0.6 is 0 Å². The number of aromatic nitrogens is 2. The summed E-state index contributed by atoms with van der Waals surface area (Å²) in [6.07, 6.45) is 9.08. The summed E-state index contributed by atoms with van der Waals surface area (Å²) < 4.78 is 1.88. The first-order valence-corrected chi connectivity index (χ1v) is 9.33. The maximum atomic E-state index is 10.7. The molecule has 26 heavy (non-hydrogen) atoms. The van der Waals surface area contributed by atoms with Crippen molar-refractivity contribution in [1.29, 1.82) is 0 Å². The van der Waals surface area contributed by atoms with Crippen LogP contribution < -0.4 is 5.32 Å². The van der Waals surface area contributed by atoms with Crippen molar-refractivity contribution in [3.8, 4) is 5.69 Å². The van der Waals surface area contributed by atoms with E-state index >= 15 is 0 Å². The van der Waals surface area contributed by atoms with E-state index in [1.165, 1.54) is 6.42 Å². The Morgan fingerprint density at radius 2 is 2.00 bits per heavy atom. The zero-order valence-corrected chi connectivity index (χ0v) is 15.7. The van der Waals surface area contributed by atoms with Crippen LogP contribution in [-0.4, -0.2) is 52.0 Å². The van der Waals surface area contributed by atoms with E-state index in [1.54, 1.807) is 7.05 Å². The highest BCUT2D eigenvalue weighted by Crippen LogP contribution is 2.27. The summed E-state index contributed by atoms with van der Waals surface area (Å²) >= 11 is 0. The van der Waals surface area contributed by atoms with E-state index < -0.39 is 5.60 Å². The number of aliphatic imine (C=N–C) groups is 1. The number of rotatable bonds is 5. The molecule has 0 amide bonds. The molecule has 0 saturated heterocycles. The molecule has 1 heterocycles. The Bertz CT molecular complexity index is 719. The third-order valence-electron chi connectivity index (χ3n) is 5.01.